The van der Waals surface area contributed by atoms with Crippen LogP contribution >= 0.6 is 0 Å². The van der Waals surface area contributed by atoms with E-state index in [1.807, 2.05) is 18.2 Å². The van der Waals surface area contributed by atoms with Crippen LogP contribution in [0.2, 0.25) is 0 Å². The van der Waals surface area contributed by atoms with Gasteiger partial charge in [-0.25, -0.2) is 15.0 Å². The maximum atomic E-state index is 6.92. The fourth-order valence-corrected chi connectivity index (χ4v) is 10.1. The van der Waals surface area contributed by atoms with Gasteiger partial charge in [-0.05, 0) is 82.9 Å². The summed E-state index contributed by atoms with van der Waals surface area (Å²) in [5.41, 5.74) is 10.8. The third-order valence-corrected chi connectivity index (χ3v) is 13.1. The number of fused-ring (bicyclic) bond motifs is 12. The van der Waals surface area contributed by atoms with Crippen LogP contribution in [0.4, 0.5) is 0 Å². The molecule has 0 atom stereocenters. The van der Waals surface area contributed by atoms with E-state index in [-0.39, 0.29) is 0 Å². The van der Waals surface area contributed by atoms with Gasteiger partial charge in [-0.15, -0.1) is 0 Å². The van der Waals surface area contributed by atoms with E-state index < -0.39 is 0 Å². The van der Waals surface area contributed by atoms with Gasteiger partial charge in [0.1, 0.15) is 11.2 Å². The molecule has 4 aromatic heterocycles. The van der Waals surface area contributed by atoms with Crippen LogP contribution < -0.4 is 0 Å². The minimum absolute atomic E-state index is 0.569. The molecule has 302 valence electrons. The standard InChI is InChI=1S/C59H35N5O/c1-3-16-37(17-4-1)57-60-58(40-28-30-52-46(32-40)43-23-11-13-25-50(43)63(52)41-20-5-2-6-21-41)62-59(61-57)49-34-48-45-29-27-36-15-9-10-22-42(36)56(45)65-55(48)35-54(49)64-51-26-14-12-24-44(51)47-31-38-18-7-8-19-39(38)33-53(47)64/h1-35H. The summed E-state index contributed by atoms with van der Waals surface area (Å²) in [6, 6.07) is 75.0. The topological polar surface area (TPSA) is 61.7 Å². The number of hydrogen-bond donors (Lipinski definition) is 0. The van der Waals surface area contributed by atoms with Crippen LogP contribution in [0.1, 0.15) is 0 Å². The highest BCUT2D eigenvalue weighted by Gasteiger charge is 2.24. The van der Waals surface area contributed by atoms with Crippen molar-refractivity contribution in [3.63, 3.8) is 0 Å². The van der Waals surface area contributed by atoms with E-state index in [9.17, 15) is 0 Å². The summed E-state index contributed by atoms with van der Waals surface area (Å²) in [6.45, 7) is 0. The molecular formula is C59H35N5O. The van der Waals surface area contributed by atoms with Crippen molar-refractivity contribution < 1.29 is 4.42 Å². The zero-order valence-electron chi connectivity index (χ0n) is 34.9. The van der Waals surface area contributed by atoms with Gasteiger partial charge in [-0.3, -0.25) is 0 Å². The molecule has 0 N–H and O–H groups in total. The molecule has 0 aliphatic rings. The second kappa shape index (κ2) is 13.8. The van der Waals surface area contributed by atoms with E-state index in [4.69, 9.17) is 19.4 Å². The van der Waals surface area contributed by atoms with E-state index in [1.165, 1.54) is 21.5 Å². The molecule has 14 rings (SSSR count). The van der Waals surface area contributed by atoms with Crippen molar-refractivity contribution in [3.8, 4) is 45.5 Å². The highest BCUT2D eigenvalue weighted by molar-refractivity contribution is 6.18. The molecule has 0 saturated carbocycles. The molecule has 0 unspecified atom stereocenters. The molecule has 0 saturated heterocycles. The first-order chi connectivity index (χ1) is 32.2. The molecule has 6 heteroatoms. The van der Waals surface area contributed by atoms with E-state index >= 15 is 0 Å². The van der Waals surface area contributed by atoms with Crippen LogP contribution in [0.3, 0.4) is 0 Å². The van der Waals surface area contributed by atoms with Crippen molar-refractivity contribution in [2.24, 2.45) is 0 Å². The van der Waals surface area contributed by atoms with Crippen LogP contribution in [0, 0.1) is 0 Å². The highest BCUT2D eigenvalue weighted by atomic mass is 16.3. The predicted octanol–water partition coefficient (Wildman–Crippen LogP) is 15.3. The van der Waals surface area contributed by atoms with Gasteiger partial charge in [0.2, 0.25) is 0 Å². The lowest BCUT2D eigenvalue weighted by molar-refractivity contribution is 0.672. The normalized spacial score (nSPS) is 12.0. The Labute approximate surface area is 371 Å². The summed E-state index contributed by atoms with van der Waals surface area (Å²) in [7, 11) is 0. The van der Waals surface area contributed by atoms with Crippen molar-refractivity contribution in [2.45, 2.75) is 0 Å². The summed E-state index contributed by atoms with van der Waals surface area (Å²) >= 11 is 0. The fourth-order valence-electron chi connectivity index (χ4n) is 10.1. The van der Waals surface area contributed by atoms with Gasteiger partial charge in [0.25, 0.3) is 0 Å². The molecule has 0 aliphatic carbocycles. The van der Waals surface area contributed by atoms with Gasteiger partial charge in [-0.1, -0.05) is 140 Å². The summed E-state index contributed by atoms with van der Waals surface area (Å²) in [6.07, 6.45) is 0. The van der Waals surface area contributed by atoms with Gasteiger partial charge >= 0.3 is 0 Å². The lowest BCUT2D eigenvalue weighted by atomic mass is 10.0. The summed E-state index contributed by atoms with van der Waals surface area (Å²) < 4.78 is 11.6. The monoisotopic (exact) mass is 829 g/mol. The molecular weight excluding hydrogens is 795 g/mol. The van der Waals surface area contributed by atoms with Crippen molar-refractivity contribution in [1.82, 2.24) is 24.1 Å². The highest BCUT2D eigenvalue weighted by Crippen LogP contribution is 2.43. The number of para-hydroxylation sites is 3. The molecule has 0 spiro atoms. The molecule has 0 bridgehead atoms. The minimum Gasteiger partial charge on any atom is -0.455 e. The van der Waals surface area contributed by atoms with E-state index in [1.54, 1.807) is 0 Å². The second-order valence-electron chi connectivity index (χ2n) is 16.8. The molecule has 0 amide bonds. The molecule has 10 aromatic carbocycles. The summed E-state index contributed by atoms with van der Waals surface area (Å²) in [4.78, 5) is 16.1. The molecule has 0 aliphatic heterocycles. The van der Waals surface area contributed by atoms with E-state index in [0.29, 0.717) is 17.5 Å². The number of benzene rings is 10. The fraction of sp³-hybridized carbons (Fsp3) is 0. The van der Waals surface area contributed by atoms with Crippen molar-refractivity contribution in [1.29, 1.82) is 0 Å². The zero-order valence-corrected chi connectivity index (χ0v) is 34.9. The van der Waals surface area contributed by atoms with Gasteiger partial charge in [0.05, 0.1) is 27.8 Å². The lowest BCUT2D eigenvalue weighted by Gasteiger charge is -2.15. The Morgan fingerprint density at radius 1 is 0.323 bits per heavy atom. The van der Waals surface area contributed by atoms with Gasteiger partial charge < -0.3 is 13.6 Å². The summed E-state index contributed by atoms with van der Waals surface area (Å²) in [5.74, 6) is 1.76. The zero-order chi connectivity index (χ0) is 42.6. The molecule has 0 fully saturated rings. The van der Waals surface area contributed by atoms with Crippen molar-refractivity contribution in [3.05, 3.63) is 212 Å². The molecule has 6 nitrogen and oxygen atoms in total. The Morgan fingerprint density at radius 3 is 1.68 bits per heavy atom. The lowest BCUT2D eigenvalue weighted by Crippen LogP contribution is -2.04. The molecule has 4 heterocycles. The Morgan fingerprint density at radius 2 is 0.908 bits per heavy atom. The number of furan rings is 1. The first kappa shape index (κ1) is 35.7. The maximum absolute atomic E-state index is 6.92. The van der Waals surface area contributed by atoms with Crippen LogP contribution in [0.5, 0.6) is 0 Å². The smallest absolute Gasteiger partial charge is 0.166 e. The Balaban J connectivity index is 1.08. The van der Waals surface area contributed by atoms with Crippen LogP contribution in [-0.4, -0.2) is 24.1 Å². The quantitative estimate of drug-likeness (QED) is 0.173. The Bertz CT molecular complexity index is 4240. The maximum Gasteiger partial charge on any atom is 0.166 e. The molecule has 14 aromatic rings. The number of aromatic nitrogens is 5. The van der Waals surface area contributed by atoms with Gasteiger partial charge in [-0.2, -0.15) is 0 Å². The minimum atomic E-state index is 0.569. The average molecular weight is 830 g/mol. The molecule has 0 radical (unpaired) electrons. The van der Waals surface area contributed by atoms with E-state index in [0.717, 1.165) is 93.6 Å². The Kier molecular flexibility index (Phi) is 7.59. The third kappa shape index (κ3) is 5.44. The Hall–Kier alpha value is -8.87. The number of hydrogen-bond acceptors (Lipinski definition) is 4. The third-order valence-electron chi connectivity index (χ3n) is 13.1. The number of rotatable bonds is 5. The first-order valence-electron chi connectivity index (χ1n) is 21.9. The average Bonchev–Trinajstić information content (AvgIpc) is 4.02. The molecule has 65 heavy (non-hydrogen) atoms. The van der Waals surface area contributed by atoms with Crippen LogP contribution in [-0.2, 0) is 0 Å². The van der Waals surface area contributed by atoms with E-state index in [2.05, 4.69) is 203 Å². The van der Waals surface area contributed by atoms with Crippen LogP contribution in [0.15, 0.2) is 217 Å². The largest absolute Gasteiger partial charge is 0.455 e. The first-order valence-corrected chi connectivity index (χ1v) is 21.9. The number of nitrogens with zero attached hydrogens (tertiary/aromatic N) is 5. The predicted molar refractivity (Wildman–Crippen MR) is 267 cm³/mol. The van der Waals surface area contributed by atoms with Crippen molar-refractivity contribution in [2.75, 3.05) is 0 Å². The van der Waals surface area contributed by atoms with Crippen LogP contribution in [0.25, 0.3) is 133 Å². The van der Waals surface area contributed by atoms with Gasteiger partial charge in [0, 0.05) is 66.1 Å². The summed E-state index contributed by atoms with van der Waals surface area (Å²) in [5, 5.41) is 11.2. The van der Waals surface area contributed by atoms with Crippen molar-refractivity contribution >= 4 is 87.1 Å². The second-order valence-corrected chi connectivity index (χ2v) is 16.8. The van der Waals surface area contributed by atoms with Gasteiger partial charge in [0.15, 0.2) is 17.5 Å². The SMILES string of the molecule is c1ccc(-c2nc(-c3ccc4c(c3)c3ccccc3n4-c3ccccc3)nc(-c3cc4c(cc3-n3c5ccccc5c5cc6ccccc6cc53)oc3c5ccccc5ccc43)n2)cc1.